The zero-order chi connectivity index (χ0) is 15.7. The first kappa shape index (κ1) is 14.9. The number of aromatic nitrogens is 4. The molecule has 0 saturated carbocycles. The van der Waals surface area contributed by atoms with E-state index in [1.807, 2.05) is 0 Å². The summed E-state index contributed by atoms with van der Waals surface area (Å²) in [4.78, 5) is 12.5. The van der Waals surface area contributed by atoms with E-state index in [1.54, 1.807) is 10.9 Å². The van der Waals surface area contributed by atoms with E-state index in [-0.39, 0.29) is 37.4 Å². The van der Waals surface area contributed by atoms with Crippen LogP contribution >= 0.6 is 0 Å². The maximum absolute atomic E-state index is 9.33. The summed E-state index contributed by atoms with van der Waals surface area (Å²) in [7, 11) is 1.49. The van der Waals surface area contributed by atoms with E-state index in [0.717, 1.165) is 0 Å². The summed E-state index contributed by atoms with van der Waals surface area (Å²) in [5.41, 5.74) is 6.72. The Bertz CT molecular complexity index is 661. The van der Waals surface area contributed by atoms with E-state index in [1.165, 1.54) is 7.11 Å². The molecule has 3 rings (SSSR count). The molecule has 0 amide bonds. The number of aliphatic hydroxyl groups excluding tert-OH is 2. The summed E-state index contributed by atoms with van der Waals surface area (Å²) < 4.78 is 12.8. The van der Waals surface area contributed by atoms with Crippen molar-refractivity contribution in [1.29, 1.82) is 0 Å². The van der Waals surface area contributed by atoms with Gasteiger partial charge in [-0.25, -0.2) is 4.98 Å². The lowest BCUT2D eigenvalue weighted by Crippen LogP contribution is -2.17. The predicted octanol–water partition coefficient (Wildman–Crippen LogP) is -0.305. The Morgan fingerprint density at radius 2 is 2.27 bits per heavy atom. The minimum Gasteiger partial charge on any atom is -0.479 e. The monoisotopic (exact) mass is 309 g/mol. The van der Waals surface area contributed by atoms with Crippen molar-refractivity contribution in [3.63, 3.8) is 0 Å². The van der Waals surface area contributed by atoms with Gasteiger partial charge in [0.1, 0.15) is 6.23 Å². The molecular formula is C13H19N5O4. The first-order valence-corrected chi connectivity index (χ1v) is 7.09. The van der Waals surface area contributed by atoms with Crippen LogP contribution in [0.2, 0.25) is 0 Å². The third-order valence-electron chi connectivity index (χ3n) is 3.88. The molecule has 3 heterocycles. The highest BCUT2D eigenvalue weighted by atomic mass is 16.5. The van der Waals surface area contributed by atoms with Gasteiger partial charge in [0.15, 0.2) is 11.2 Å². The van der Waals surface area contributed by atoms with Crippen molar-refractivity contribution >= 4 is 17.1 Å². The minimum absolute atomic E-state index is 0.0513. The van der Waals surface area contributed by atoms with Gasteiger partial charge in [-0.2, -0.15) is 9.97 Å². The summed E-state index contributed by atoms with van der Waals surface area (Å²) >= 11 is 0. The summed E-state index contributed by atoms with van der Waals surface area (Å²) in [5, 5.41) is 18.6. The zero-order valence-corrected chi connectivity index (χ0v) is 12.2. The molecule has 2 aromatic heterocycles. The van der Waals surface area contributed by atoms with Gasteiger partial charge >= 0.3 is 0 Å². The summed E-state index contributed by atoms with van der Waals surface area (Å²) in [5.74, 6) is 0.444. The number of methoxy groups -OCH3 is 1. The van der Waals surface area contributed by atoms with Crippen molar-refractivity contribution in [2.24, 2.45) is 5.92 Å². The molecule has 0 spiro atoms. The van der Waals surface area contributed by atoms with Crippen LogP contribution in [0.3, 0.4) is 0 Å². The number of nitrogen functional groups attached to an aromatic ring is 1. The molecule has 4 N–H and O–H groups in total. The van der Waals surface area contributed by atoms with Crippen LogP contribution in [0.25, 0.3) is 11.2 Å². The molecule has 3 atom stereocenters. The van der Waals surface area contributed by atoms with Gasteiger partial charge < -0.3 is 25.4 Å². The van der Waals surface area contributed by atoms with Gasteiger partial charge in [-0.3, -0.25) is 4.57 Å². The minimum atomic E-state index is -0.367. The molecule has 1 fully saturated rings. The van der Waals surface area contributed by atoms with E-state index in [4.69, 9.17) is 15.2 Å². The average molecular weight is 309 g/mol. The average Bonchev–Trinajstić information content (AvgIpc) is 3.10. The number of imidazole rings is 1. The molecule has 9 heteroatoms. The Kier molecular flexibility index (Phi) is 4.10. The van der Waals surface area contributed by atoms with E-state index >= 15 is 0 Å². The lowest BCUT2D eigenvalue weighted by molar-refractivity contribution is -0.0331. The smallest absolute Gasteiger partial charge is 0.246 e. The van der Waals surface area contributed by atoms with Crippen LogP contribution in [-0.2, 0) is 4.74 Å². The number of hydrogen-bond acceptors (Lipinski definition) is 8. The lowest BCUT2D eigenvalue weighted by Gasteiger charge is -2.19. The molecule has 0 radical (unpaired) electrons. The first-order chi connectivity index (χ1) is 10.7. The van der Waals surface area contributed by atoms with Crippen LogP contribution < -0.4 is 10.5 Å². The summed E-state index contributed by atoms with van der Waals surface area (Å²) in [6.45, 7) is -0.0126. The predicted molar refractivity (Wildman–Crippen MR) is 77.1 cm³/mol. The number of nitrogens with zero attached hydrogens (tertiary/aromatic N) is 4. The van der Waals surface area contributed by atoms with Crippen molar-refractivity contribution < 1.29 is 19.7 Å². The summed E-state index contributed by atoms with van der Waals surface area (Å²) in [6.07, 6.45) is 2.20. The SMILES string of the molecule is COc1nc(N)nc2c1ncn2C1OC(CO)CC1CCO. The lowest BCUT2D eigenvalue weighted by atomic mass is 10.00. The van der Waals surface area contributed by atoms with Gasteiger partial charge in [-0.15, -0.1) is 0 Å². The van der Waals surface area contributed by atoms with E-state index in [9.17, 15) is 10.2 Å². The topological polar surface area (TPSA) is 129 Å². The Labute approximate surface area is 126 Å². The quantitative estimate of drug-likeness (QED) is 0.686. The number of rotatable bonds is 5. The Morgan fingerprint density at radius 3 is 2.95 bits per heavy atom. The number of aliphatic hydroxyl groups is 2. The van der Waals surface area contributed by atoms with Crippen molar-refractivity contribution in [2.45, 2.75) is 25.2 Å². The van der Waals surface area contributed by atoms with E-state index < -0.39 is 0 Å². The highest BCUT2D eigenvalue weighted by Gasteiger charge is 2.36. The molecule has 2 aromatic rings. The molecule has 9 nitrogen and oxygen atoms in total. The van der Waals surface area contributed by atoms with Crippen molar-refractivity contribution in [3.8, 4) is 5.88 Å². The molecule has 0 aliphatic carbocycles. The summed E-state index contributed by atoms with van der Waals surface area (Å²) in [6, 6.07) is 0. The fourth-order valence-electron chi connectivity index (χ4n) is 2.89. The van der Waals surface area contributed by atoms with Crippen LogP contribution in [0, 0.1) is 5.92 Å². The van der Waals surface area contributed by atoms with Gasteiger partial charge in [0.25, 0.3) is 0 Å². The Balaban J connectivity index is 2.03. The highest BCUT2D eigenvalue weighted by molar-refractivity contribution is 5.77. The number of fused-ring (bicyclic) bond motifs is 1. The number of hydrogen-bond donors (Lipinski definition) is 3. The zero-order valence-electron chi connectivity index (χ0n) is 12.2. The van der Waals surface area contributed by atoms with Crippen LogP contribution in [0.5, 0.6) is 5.88 Å². The van der Waals surface area contributed by atoms with Gasteiger partial charge in [-0.1, -0.05) is 0 Å². The normalized spacial score (nSPS) is 25.0. The van der Waals surface area contributed by atoms with Crippen LogP contribution in [0.1, 0.15) is 19.1 Å². The number of nitrogens with two attached hydrogens (primary N) is 1. The molecule has 1 saturated heterocycles. The first-order valence-electron chi connectivity index (χ1n) is 7.09. The Morgan fingerprint density at radius 1 is 1.45 bits per heavy atom. The molecule has 3 unspecified atom stereocenters. The third kappa shape index (κ3) is 2.47. The Hall–Kier alpha value is -1.97. The van der Waals surface area contributed by atoms with Crippen LogP contribution in [-0.4, -0.2) is 56.2 Å². The van der Waals surface area contributed by atoms with Crippen molar-refractivity contribution in [2.75, 3.05) is 26.1 Å². The molecule has 1 aliphatic rings. The van der Waals surface area contributed by atoms with Gasteiger partial charge in [0.2, 0.25) is 11.8 Å². The molecule has 120 valence electrons. The van der Waals surface area contributed by atoms with E-state index in [0.29, 0.717) is 29.9 Å². The molecular weight excluding hydrogens is 290 g/mol. The second-order valence-electron chi connectivity index (χ2n) is 5.25. The second kappa shape index (κ2) is 6.03. The third-order valence-corrected chi connectivity index (χ3v) is 3.88. The van der Waals surface area contributed by atoms with Gasteiger partial charge in [0.05, 0.1) is 26.1 Å². The van der Waals surface area contributed by atoms with Gasteiger partial charge in [0, 0.05) is 12.5 Å². The maximum Gasteiger partial charge on any atom is 0.246 e. The fourth-order valence-corrected chi connectivity index (χ4v) is 2.89. The van der Waals surface area contributed by atoms with Crippen LogP contribution in [0.4, 0.5) is 5.95 Å². The molecule has 0 bridgehead atoms. The standard InChI is InChI=1S/C13H19N5O4/c1-21-11-9-10(16-13(14)17-11)18(6-15-9)12-7(2-3-19)4-8(5-20)22-12/h6-8,12,19-20H,2-5H2,1H3,(H2,14,16,17). The van der Waals surface area contributed by atoms with E-state index in [2.05, 4.69) is 15.0 Å². The second-order valence-corrected chi connectivity index (χ2v) is 5.25. The molecule has 1 aliphatic heterocycles. The fraction of sp³-hybridized carbons (Fsp3) is 0.615. The molecule has 0 aromatic carbocycles. The highest BCUT2D eigenvalue weighted by Crippen LogP contribution is 2.38. The maximum atomic E-state index is 9.33. The largest absolute Gasteiger partial charge is 0.479 e. The van der Waals surface area contributed by atoms with Crippen LogP contribution in [0.15, 0.2) is 6.33 Å². The molecule has 22 heavy (non-hydrogen) atoms. The van der Waals surface area contributed by atoms with Gasteiger partial charge in [-0.05, 0) is 12.8 Å². The number of anilines is 1. The van der Waals surface area contributed by atoms with Crippen molar-refractivity contribution in [3.05, 3.63) is 6.33 Å². The number of ether oxygens (including phenoxy) is 2. The van der Waals surface area contributed by atoms with Crippen molar-refractivity contribution in [1.82, 2.24) is 19.5 Å².